The predicted octanol–water partition coefficient (Wildman–Crippen LogP) is 2.36. The Bertz CT molecular complexity index is 509. The topological polar surface area (TPSA) is 57.7 Å². The van der Waals surface area contributed by atoms with Crippen LogP contribution in [0.15, 0.2) is 24.5 Å². The first-order chi connectivity index (χ1) is 12.1. The molecule has 1 aromatic heterocycles. The number of aromatic nitrogens is 1. The molecular weight excluding hydrogens is 316 g/mol. The van der Waals surface area contributed by atoms with Gasteiger partial charge in [-0.2, -0.15) is 0 Å². The third kappa shape index (κ3) is 6.63. The number of piperidine rings is 1. The fourth-order valence-corrected chi connectivity index (χ4v) is 3.24. The Labute approximate surface area is 151 Å². The van der Waals surface area contributed by atoms with Crippen LogP contribution in [-0.2, 0) is 11.3 Å². The zero-order valence-electron chi connectivity index (χ0n) is 15.8. The van der Waals surface area contributed by atoms with Crippen LogP contribution >= 0.6 is 0 Å². The van der Waals surface area contributed by atoms with Crippen LogP contribution in [0.1, 0.15) is 32.3 Å². The van der Waals surface area contributed by atoms with E-state index in [0.717, 1.165) is 18.7 Å². The molecule has 6 nitrogen and oxygen atoms in total. The molecular formula is C19H32N4O2. The smallest absolute Gasteiger partial charge is 0.317 e. The van der Waals surface area contributed by atoms with Crippen molar-refractivity contribution >= 4 is 6.03 Å². The first-order valence-corrected chi connectivity index (χ1v) is 9.24. The molecule has 25 heavy (non-hydrogen) atoms. The molecule has 1 aliphatic heterocycles. The van der Waals surface area contributed by atoms with Gasteiger partial charge in [-0.15, -0.1) is 0 Å². The maximum atomic E-state index is 12.6. The number of nitrogens with zero attached hydrogens (tertiary/aromatic N) is 3. The first-order valence-electron chi connectivity index (χ1n) is 9.24. The van der Waals surface area contributed by atoms with E-state index >= 15 is 0 Å². The van der Waals surface area contributed by atoms with Crippen molar-refractivity contribution in [2.75, 3.05) is 39.9 Å². The number of rotatable bonds is 8. The van der Waals surface area contributed by atoms with Crippen molar-refractivity contribution in [3.8, 4) is 0 Å². The molecule has 6 heteroatoms. The van der Waals surface area contributed by atoms with E-state index in [-0.39, 0.29) is 6.03 Å². The van der Waals surface area contributed by atoms with E-state index in [4.69, 9.17) is 4.74 Å². The molecule has 140 valence electrons. The van der Waals surface area contributed by atoms with Gasteiger partial charge in [0.2, 0.25) is 0 Å². The maximum Gasteiger partial charge on any atom is 0.317 e. The number of hydrogen-bond donors (Lipinski definition) is 1. The van der Waals surface area contributed by atoms with Gasteiger partial charge >= 0.3 is 6.03 Å². The zero-order valence-corrected chi connectivity index (χ0v) is 15.8. The lowest BCUT2D eigenvalue weighted by molar-refractivity contribution is 0.130. The average Bonchev–Trinajstić information content (AvgIpc) is 2.64. The highest BCUT2D eigenvalue weighted by Crippen LogP contribution is 2.17. The summed E-state index contributed by atoms with van der Waals surface area (Å²) in [6, 6.07) is 4.43. The van der Waals surface area contributed by atoms with Crippen molar-refractivity contribution in [3.05, 3.63) is 30.1 Å². The third-order valence-electron chi connectivity index (χ3n) is 4.77. The predicted molar refractivity (Wildman–Crippen MR) is 99.4 cm³/mol. The highest BCUT2D eigenvalue weighted by Gasteiger charge is 2.23. The molecule has 0 bridgehead atoms. The molecule has 0 aromatic carbocycles. The average molecular weight is 348 g/mol. The summed E-state index contributed by atoms with van der Waals surface area (Å²) in [5, 5.41) is 3.13. The van der Waals surface area contributed by atoms with Crippen LogP contribution in [-0.4, -0.2) is 66.8 Å². The number of likely N-dealkylation sites (tertiary alicyclic amines) is 1. The molecule has 0 spiro atoms. The largest absolute Gasteiger partial charge is 0.383 e. The van der Waals surface area contributed by atoms with Gasteiger partial charge in [-0.05, 0) is 50.8 Å². The van der Waals surface area contributed by atoms with Gasteiger partial charge in [-0.1, -0.05) is 6.07 Å². The minimum atomic E-state index is -0.0254. The second kappa shape index (κ2) is 10.4. The summed E-state index contributed by atoms with van der Waals surface area (Å²) in [4.78, 5) is 21.1. The van der Waals surface area contributed by atoms with E-state index in [9.17, 15) is 4.79 Å². The van der Waals surface area contributed by atoms with E-state index < -0.39 is 0 Å². The second-order valence-corrected chi connectivity index (χ2v) is 7.06. The Morgan fingerprint density at radius 2 is 2.36 bits per heavy atom. The van der Waals surface area contributed by atoms with Crippen molar-refractivity contribution in [2.45, 2.75) is 39.3 Å². The van der Waals surface area contributed by atoms with Gasteiger partial charge in [0.1, 0.15) is 0 Å². The monoisotopic (exact) mass is 348 g/mol. The number of carbonyl (C=O) groups is 1. The fourth-order valence-electron chi connectivity index (χ4n) is 3.24. The molecule has 0 saturated carbocycles. The number of amides is 2. The van der Waals surface area contributed by atoms with Crippen LogP contribution in [0.4, 0.5) is 4.79 Å². The Kier molecular flexibility index (Phi) is 8.15. The van der Waals surface area contributed by atoms with Crippen molar-refractivity contribution in [1.82, 2.24) is 20.1 Å². The molecule has 2 heterocycles. The number of pyridine rings is 1. The second-order valence-electron chi connectivity index (χ2n) is 7.06. The zero-order chi connectivity index (χ0) is 18.1. The lowest BCUT2D eigenvalue weighted by Crippen LogP contribution is -2.47. The van der Waals surface area contributed by atoms with Crippen molar-refractivity contribution in [3.63, 3.8) is 0 Å². The Balaban J connectivity index is 1.86. The quantitative estimate of drug-likeness (QED) is 0.783. The number of hydrogen-bond acceptors (Lipinski definition) is 4. The molecule has 2 rings (SSSR count). The van der Waals surface area contributed by atoms with Crippen molar-refractivity contribution < 1.29 is 9.53 Å². The normalized spacial score (nSPS) is 18.3. The van der Waals surface area contributed by atoms with Crippen molar-refractivity contribution in [2.24, 2.45) is 5.92 Å². The lowest BCUT2D eigenvalue weighted by atomic mass is 9.97. The molecule has 1 fully saturated rings. The SMILES string of the molecule is COCCN(Cc1cccnc1)C(=O)NC[C@@H]1CCCN(C(C)C)C1. The van der Waals surface area contributed by atoms with Crippen LogP contribution in [0, 0.1) is 5.92 Å². The van der Waals surface area contributed by atoms with Gasteiger partial charge in [0.25, 0.3) is 0 Å². The third-order valence-corrected chi connectivity index (χ3v) is 4.77. The molecule has 0 aliphatic carbocycles. The molecule has 1 saturated heterocycles. The summed E-state index contributed by atoms with van der Waals surface area (Å²) in [5.74, 6) is 0.530. The number of ether oxygens (including phenoxy) is 1. The Morgan fingerprint density at radius 1 is 1.52 bits per heavy atom. The van der Waals surface area contributed by atoms with Gasteiger partial charge < -0.3 is 19.9 Å². The number of methoxy groups -OCH3 is 1. The number of urea groups is 1. The van der Waals surface area contributed by atoms with E-state index in [2.05, 4.69) is 29.0 Å². The summed E-state index contributed by atoms with van der Waals surface area (Å²) >= 11 is 0. The van der Waals surface area contributed by atoms with Crippen LogP contribution in [0.25, 0.3) is 0 Å². The van der Waals surface area contributed by atoms with E-state index in [1.807, 2.05) is 12.1 Å². The van der Waals surface area contributed by atoms with Crippen LogP contribution in [0.3, 0.4) is 0 Å². The van der Waals surface area contributed by atoms with Crippen LogP contribution in [0.5, 0.6) is 0 Å². The fraction of sp³-hybridized carbons (Fsp3) is 0.684. The highest BCUT2D eigenvalue weighted by molar-refractivity contribution is 5.74. The minimum absolute atomic E-state index is 0.0254. The highest BCUT2D eigenvalue weighted by atomic mass is 16.5. The summed E-state index contributed by atoms with van der Waals surface area (Å²) in [7, 11) is 1.66. The summed E-state index contributed by atoms with van der Waals surface area (Å²) in [5.41, 5.74) is 1.03. The number of carbonyl (C=O) groups excluding carboxylic acids is 1. The van der Waals surface area contributed by atoms with Crippen LogP contribution < -0.4 is 5.32 Å². The molecule has 1 aromatic rings. The lowest BCUT2D eigenvalue weighted by Gasteiger charge is -2.35. The van der Waals surface area contributed by atoms with Gasteiger partial charge in [0, 0.05) is 51.7 Å². The molecule has 2 amide bonds. The summed E-state index contributed by atoms with van der Waals surface area (Å²) < 4.78 is 5.15. The Hall–Kier alpha value is -1.66. The summed E-state index contributed by atoms with van der Waals surface area (Å²) in [6.45, 7) is 9.09. The summed E-state index contributed by atoms with van der Waals surface area (Å²) in [6.07, 6.45) is 5.94. The molecule has 1 aliphatic rings. The maximum absolute atomic E-state index is 12.6. The van der Waals surface area contributed by atoms with Gasteiger partial charge in [-0.25, -0.2) is 4.79 Å². The molecule has 1 N–H and O–H groups in total. The minimum Gasteiger partial charge on any atom is -0.383 e. The Morgan fingerprint density at radius 3 is 3.04 bits per heavy atom. The van der Waals surface area contributed by atoms with Gasteiger partial charge in [0.15, 0.2) is 0 Å². The molecule has 0 radical (unpaired) electrons. The van der Waals surface area contributed by atoms with E-state index in [0.29, 0.717) is 31.7 Å². The standard InChI is InChI=1S/C19H32N4O2/c1-16(2)22-9-5-7-18(14-22)13-21-19(24)23(10-11-25-3)15-17-6-4-8-20-12-17/h4,6,8,12,16,18H,5,7,9-11,13-15H2,1-3H3,(H,21,24)/t18-/m0/s1. The van der Waals surface area contributed by atoms with Crippen LogP contribution in [0.2, 0.25) is 0 Å². The number of nitrogens with one attached hydrogen (secondary N) is 1. The van der Waals surface area contributed by atoms with Gasteiger partial charge in [-0.3, -0.25) is 4.98 Å². The van der Waals surface area contributed by atoms with Crippen molar-refractivity contribution in [1.29, 1.82) is 0 Å². The van der Waals surface area contributed by atoms with Gasteiger partial charge in [0.05, 0.1) is 6.61 Å². The molecule has 1 atom stereocenters. The van der Waals surface area contributed by atoms with E-state index in [1.54, 1.807) is 24.4 Å². The van der Waals surface area contributed by atoms with E-state index in [1.165, 1.54) is 19.4 Å². The molecule has 0 unspecified atom stereocenters. The first kappa shape index (κ1) is 19.7.